The Labute approximate surface area is 108 Å². The van der Waals surface area contributed by atoms with Crippen LogP contribution < -0.4 is 5.32 Å². The lowest BCUT2D eigenvalue weighted by atomic mass is 10.1. The number of carbonyl (C=O) groups excluding carboxylic acids is 1. The Balaban J connectivity index is 1.65. The maximum atomic E-state index is 11.6. The molecule has 0 radical (unpaired) electrons. The van der Waals surface area contributed by atoms with Gasteiger partial charge in [-0.3, -0.25) is 10.1 Å². The minimum absolute atomic E-state index is 0.122. The van der Waals surface area contributed by atoms with Crippen LogP contribution in [-0.4, -0.2) is 18.6 Å². The van der Waals surface area contributed by atoms with Gasteiger partial charge in [-0.15, -0.1) is 0 Å². The van der Waals surface area contributed by atoms with Gasteiger partial charge in [0, 0.05) is 6.54 Å². The van der Waals surface area contributed by atoms with Crippen LogP contribution in [-0.2, 0) is 28.9 Å². The van der Waals surface area contributed by atoms with E-state index < -0.39 is 5.54 Å². The molecule has 3 rings (SSSR count). The van der Waals surface area contributed by atoms with E-state index in [1.807, 2.05) is 0 Å². The van der Waals surface area contributed by atoms with E-state index in [1.165, 1.54) is 43.1 Å². The molecule has 1 aromatic carbocycles. The second-order valence-electron chi connectivity index (χ2n) is 5.38. The number of fused-ring (bicyclic) bond motifs is 1. The first-order valence-corrected chi connectivity index (χ1v) is 6.68. The molecule has 1 saturated carbocycles. The topological polar surface area (TPSA) is 38.3 Å². The summed E-state index contributed by atoms with van der Waals surface area (Å²) < 4.78 is 4.84. The van der Waals surface area contributed by atoms with Gasteiger partial charge in [-0.1, -0.05) is 18.2 Å². The van der Waals surface area contributed by atoms with E-state index in [2.05, 4.69) is 23.5 Å². The van der Waals surface area contributed by atoms with Crippen molar-refractivity contribution in [3.63, 3.8) is 0 Å². The third-order valence-electron chi connectivity index (χ3n) is 4.12. The van der Waals surface area contributed by atoms with E-state index in [4.69, 9.17) is 4.74 Å². The van der Waals surface area contributed by atoms with Crippen LogP contribution in [0.5, 0.6) is 0 Å². The second kappa shape index (κ2) is 4.39. The lowest BCUT2D eigenvalue weighted by Crippen LogP contribution is -2.39. The highest BCUT2D eigenvalue weighted by Crippen LogP contribution is 2.36. The van der Waals surface area contributed by atoms with Crippen LogP contribution in [0.3, 0.4) is 0 Å². The zero-order valence-corrected chi connectivity index (χ0v) is 10.8. The Bertz CT molecular complexity index is 477. The molecule has 3 heteroatoms. The average Bonchev–Trinajstić information content (AvgIpc) is 3.05. The number of esters is 1. The highest BCUT2D eigenvalue weighted by molar-refractivity contribution is 5.84. The standard InChI is InChI=1S/C15H19NO2/c1-18-14(17)15(7-8-15)16-10-11-5-6-12-3-2-4-13(12)9-11/h5-6,9,16H,2-4,7-8,10H2,1H3. The molecule has 0 aliphatic heterocycles. The molecule has 1 fully saturated rings. The molecule has 0 saturated heterocycles. The Hall–Kier alpha value is -1.35. The first kappa shape index (κ1) is 11.7. The minimum Gasteiger partial charge on any atom is -0.468 e. The Morgan fingerprint density at radius 2 is 2.11 bits per heavy atom. The highest BCUT2D eigenvalue weighted by atomic mass is 16.5. The van der Waals surface area contributed by atoms with Crippen molar-refractivity contribution in [1.82, 2.24) is 5.32 Å². The number of rotatable bonds is 4. The van der Waals surface area contributed by atoms with Crippen LogP contribution in [0.4, 0.5) is 0 Å². The minimum atomic E-state index is -0.395. The number of benzene rings is 1. The van der Waals surface area contributed by atoms with Crippen LogP contribution in [0.2, 0.25) is 0 Å². The van der Waals surface area contributed by atoms with Crippen LogP contribution in [0, 0.1) is 0 Å². The summed E-state index contributed by atoms with van der Waals surface area (Å²) in [5.74, 6) is -0.122. The summed E-state index contributed by atoms with van der Waals surface area (Å²) in [5.41, 5.74) is 3.85. The first-order valence-electron chi connectivity index (χ1n) is 6.68. The van der Waals surface area contributed by atoms with Crippen LogP contribution in [0.15, 0.2) is 18.2 Å². The molecule has 18 heavy (non-hydrogen) atoms. The molecule has 2 aliphatic carbocycles. The number of hydrogen-bond acceptors (Lipinski definition) is 3. The lowest BCUT2D eigenvalue weighted by Gasteiger charge is -2.15. The van der Waals surface area contributed by atoms with Crippen molar-refractivity contribution in [2.45, 2.75) is 44.2 Å². The fourth-order valence-electron chi connectivity index (χ4n) is 2.78. The molecule has 0 spiro atoms. The zero-order valence-electron chi connectivity index (χ0n) is 10.8. The van der Waals surface area contributed by atoms with Gasteiger partial charge in [0.15, 0.2) is 0 Å². The number of methoxy groups -OCH3 is 1. The third kappa shape index (κ3) is 2.03. The predicted octanol–water partition coefficient (Wildman–Crippen LogP) is 1.97. The summed E-state index contributed by atoms with van der Waals surface area (Å²) in [4.78, 5) is 11.6. The van der Waals surface area contributed by atoms with E-state index in [1.54, 1.807) is 0 Å². The van der Waals surface area contributed by atoms with Crippen molar-refractivity contribution in [1.29, 1.82) is 0 Å². The van der Waals surface area contributed by atoms with Gasteiger partial charge in [-0.05, 0) is 48.8 Å². The van der Waals surface area contributed by atoms with Crippen LogP contribution >= 0.6 is 0 Å². The molecule has 3 nitrogen and oxygen atoms in total. The molecule has 1 aromatic rings. The van der Waals surface area contributed by atoms with Gasteiger partial charge >= 0.3 is 5.97 Å². The van der Waals surface area contributed by atoms with Crippen LogP contribution in [0.25, 0.3) is 0 Å². The predicted molar refractivity (Wildman–Crippen MR) is 69.3 cm³/mol. The van der Waals surface area contributed by atoms with Gasteiger partial charge < -0.3 is 4.74 Å². The SMILES string of the molecule is COC(=O)C1(NCc2ccc3c(c2)CCC3)CC1. The largest absolute Gasteiger partial charge is 0.468 e. The van der Waals surface area contributed by atoms with Crippen molar-refractivity contribution >= 4 is 5.97 Å². The summed E-state index contributed by atoms with van der Waals surface area (Å²) in [6, 6.07) is 6.68. The zero-order chi connectivity index (χ0) is 12.6. The van der Waals surface area contributed by atoms with Gasteiger partial charge in [0.05, 0.1) is 7.11 Å². The fraction of sp³-hybridized carbons (Fsp3) is 0.533. The molecular formula is C15H19NO2. The molecule has 0 atom stereocenters. The van der Waals surface area contributed by atoms with Crippen molar-refractivity contribution in [2.24, 2.45) is 0 Å². The molecule has 0 heterocycles. The van der Waals surface area contributed by atoms with E-state index in [-0.39, 0.29) is 5.97 Å². The van der Waals surface area contributed by atoms with Gasteiger partial charge in [0.1, 0.15) is 5.54 Å². The van der Waals surface area contributed by atoms with E-state index >= 15 is 0 Å². The number of nitrogens with one attached hydrogen (secondary N) is 1. The molecule has 1 N–H and O–H groups in total. The monoisotopic (exact) mass is 245 g/mol. The first-order chi connectivity index (χ1) is 8.73. The molecule has 2 aliphatic rings. The normalized spacial score (nSPS) is 19.4. The fourth-order valence-corrected chi connectivity index (χ4v) is 2.78. The van der Waals surface area contributed by atoms with Gasteiger partial charge in [0.25, 0.3) is 0 Å². The second-order valence-corrected chi connectivity index (χ2v) is 5.38. The molecular weight excluding hydrogens is 226 g/mol. The molecule has 96 valence electrons. The molecule has 0 aromatic heterocycles. The highest BCUT2D eigenvalue weighted by Gasteiger charge is 2.50. The number of hydrogen-bond donors (Lipinski definition) is 1. The van der Waals surface area contributed by atoms with E-state index in [9.17, 15) is 4.79 Å². The molecule has 0 bridgehead atoms. The Morgan fingerprint density at radius 3 is 2.83 bits per heavy atom. The van der Waals surface area contributed by atoms with Crippen molar-refractivity contribution < 1.29 is 9.53 Å². The summed E-state index contributed by atoms with van der Waals surface area (Å²) in [5, 5.41) is 3.35. The number of carbonyl (C=O) groups is 1. The summed E-state index contributed by atoms with van der Waals surface area (Å²) in [6.45, 7) is 0.752. The Morgan fingerprint density at radius 1 is 1.33 bits per heavy atom. The number of ether oxygens (including phenoxy) is 1. The maximum absolute atomic E-state index is 11.6. The lowest BCUT2D eigenvalue weighted by molar-refractivity contribution is -0.144. The average molecular weight is 245 g/mol. The summed E-state index contributed by atoms with van der Waals surface area (Å²) >= 11 is 0. The van der Waals surface area contributed by atoms with Gasteiger partial charge in [-0.25, -0.2) is 0 Å². The summed E-state index contributed by atoms with van der Waals surface area (Å²) in [6.07, 6.45) is 5.48. The maximum Gasteiger partial charge on any atom is 0.326 e. The molecule has 0 unspecified atom stereocenters. The summed E-state index contributed by atoms with van der Waals surface area (Å²) in [7, 11) is 1.46. The third-order valence-corrected chi connectivity index (χ3v) is 4.12. The van der Waals surface area contributed by atoms with E-state index in [0.717, 1.165) is 19.4 Å². The van der Waals surface area contributed by atoms with Crippen molar-refractivity contribution in [3.8, 4) is 0 Å². The van der Waals surface area contributed by atoms with Gasteiger partial charge in [0.2, 0.25) is 0 Å². The smallest absolute Gasteiger partial charge is 0.326 e. The van der Waals surface area contributed by atoms with Crippen LogP contribution in [0.1, 0.15) is 36.0 Å². The quantitative estimate of drug-likeness (QED) is 0.824. The molecule has 0 amide bonds. The number of aryl methyl sites for hydroxylation is 2. The Kier molecular flexibility index (Phi) is 2.86. The van der Waals surface area contributed by atoms with Crippen molar-refractivity contribution in [2.75, 3.05) is 7.11 Å². The van der Waals surface area contributed by atoms with E-state index in [0.29, 0.717) is 0 Å². The van der Waals surface area contributed by atoms with Gasteiger partial charge in [-0.2, -0.15) is 0 Å². The van der Waals surface area contributed by atoms with Crippen molar-refractivity contribution in [3.05, 3.63) is 34.9 Å².